The van der Waals surface area contributed by atoms with Crippen LogP contribution in [0.3, 0.4) is 0 Å². The molecule has 2 rings (SSSR count). The van der Waals surface area contributed by atoms with E-state index < -0.39 is 15.9 Å². The Bertz CT molecular complexity index is 947. The van der Waals surface area contributed by atoms with Gasteiger partial charge in [0.2, 0.25) is 10.0 Å². The van der Waals surface area contributed by atoms with Crippen molar-refractivity contribution in [2.24, 2.45) is 0 Å². The summed E-state index contributed by atoms with van der Waals surface area (Å²) in [6, 6.07) is 9.33. The minimum Gasteiger partial charge on any atom is -0.493 e. The Labute approximate surface area is 163 Å². The van der Waals surface area contributed by atoms with E-state index in [-0.39, 0.29) is 22.3 Å². The minimum absolute atomic E-state index is 0.164. The van der Waals surface area contributed by atoms with E-state index in [4.69, 9.17) is 21.1 Å². The normalized spacial score (nSPS) is 12.2. The maximum absolute atomic E-state index is 12.6. The number of rotatable bonds is 7. The van der Waals surface area contributed by atoms with Crippen LogP contribution in [0.4, 0.5) is 5.69 Å². The number of methoxy groups -OCH3 is 2. The molecule has 0 saturated carbocycles. The Balaban J connectivity index is 2.22. The predicted octanol–water partition coefficient (Wildman–Crippen LogP) is 3.22. The first-order chi connectivity index (χ1) is 12.6. The van der Waals surface area contributed by atoms with E-state index in [1.165, 1.54) is 25.3 Å². The summed E-state index contributed by atoms with van der Waals surface area (Å²) < 4.78 is 35.5. The fourth-order valence-electron chi connectivity index (χ4n) is 2.46. The van der Waals surface area contributed by atoms with Gasteiger partial charge >= 0.3 is 0 Å². The number of halogens is 1. The van der Waals surface area contributed by atoms with Crippen molar-refractivity contribution in [3.8, 4) is 11.5 Å². The molecule has 2 aromatic carbocycles. The largest absolute Gasteiger partial charge is 0.493 e. The molecular formula is C18H21ClN2O5S. The van der Waals surface area contributed by atoms with Crippen LogP contribution in [0.15, 0.2) is 36.4 Å². The van der Waals surface area contributed by atoms with Crippen LogP contribution in [0, 0.1) is 0 Å². The molecule has 0 bridgehead atoms. The first kappa shape index (κ1) is 20.9. The first-order valence-corrected chi connectivity index (χ1v) is 10.2. The number of hydrogen-bond donors (Lipinski definition) is 2. The molecule has 7 nitrogen and oxygen atoms in total. The molecule has 0 heterocycles. The van der Waals surface area contributed by atoms with Crippen LogP contribution < -0.4 is 19.5 Å². The van der Waals surface area contributed by atoms with Crippen LogP contribution in [-0.4, -0.2) is 34.8 Å². The highest BCUT2D eigenvalue weighted by atomic mass is 35.5. The molecular weight excluding hydrogens is 392 g/mol. The molecule has 2 N–H and O–H groups in total. The van der Waals surface area contributed by atoms with Crippen LogP contribution >= 0.6 is 11.6 Å². The SMILES string of the molecule is COc1ccc([C@@H](C)NC(=O)c2cc(NS(C)(=O)=O)ccc2Cl)cc1OC. The van der Waals surface area contributed by atoms with Crippen LogP contribution in [0.2, 0.25) is 5.02 Å². The lowest BCUT2D eigenvalue weighted by atomic mass is 10.1. The predicted molar refractivity (Wildman–Crippen MR) is 105 cm³/mol. The molecule has 2 aromatic rings. The van der Waals surface area contributed by atoms with Gasteiger partial charge in [-0.05, 0) is 42.8 Å². The van der Waals surface area contributed by atoms with E-state index in [1.54, 1.807) is 19.2 Å². The van der Waals surface area contributed by atoms with Crippen molar-refractivity contribution in [2.45, 2.75) is 13.0 Å². The maximum Gasteiger partial charge on any atom is 0.253 e. The smallest absolute Gasteiger partial charge is 0.253 e. The van der Waals surface area contributed by atoms with Gasteiger partial charge in [0.15, 0.2) is 11.5 Å². The second-order valence-corrected chi connectivity index (χ2v) is 8.03. The fourth-order valence-corrected chi connectivity index (χ4v) is 3.22. The first-order valence-electron chi connectivity index (χ1n) is 7.94. The fraction of sp³-hybridized carbons (Fsp3) is 0.278. The summed E-state index contributed by atoms with van der Waals surface area (Å²) in [4.78, 5) is 12.6. The van der Waals surface area contributed by atoms with Crippen LogP contribution in [-0.2, 0) is 10.0 Å². The highest BCUT2D eigenvalue weighted by Crippen LogP contribution is 2.30. The standard InChI is InChI=1S/C18H21ClN2O5S/c1-11(12-5-8-16(25-2)17(9-12)26-3)20-18(22)14-10-13(6-7-15(14)19)21-27(4,23)24/h5-11,21H,1-4H3,(H,20,22)/t11-/m1/s1. The lowest BCUT2D eigenvalue weighted by Gasteiger charge is -2.17. The number of ether oxygens (including phenoxy) is 2. The monoisotopic (exact) mass is 412 g/mol. The van der Waals surface area contributed by atoms with E-state index in [2.05, 4.69) is 10.0 Å². The summed E-state index contributed by atoms with van der Waals surface area (Å²) in [5.41, 5.74) is 1.23. The average Bonchev–Trinajstić information content (AvgIpc) is 2.61. The number of anilines is 1. The molecule has 0 spiro atoms. The molecule has 0 aliphatic carbocycles. The summed E-state index contributed by atoms with van der Waals surface area (Å²) in [5, 5.41) is 3.05. The van der Waals surface area contributed by atoms with Crippen molar-refractivity contribution in [3.63, 3.8) is 0 Å². The summed E-state index contributed by atoms with van der Waals surface area (Å²) in [5.74, 6) is 0.704. The third-order valence-corrected chi connectivity index (χ3v) is 4.71. The number of sulfonamides is 1. The zero-order chi connectivity index (χ0) is 20.2. The van der Waals surface area contributed by atoms with Crippen molar-refractivity contribution >= 4 is 33.2 Å². The van der Waals surface area contributed by atoms with Crippen molar-refractivity contribution in [1.29, 1.82) is 0 Å². The highest BCUT2D eigenvalue weighted by Gasteiger charge is 2.17. The second kappa shape index (κ2) is 8.49. The highest BCUT2D eigenvalue weighted by molar-refractivity contribution is 7.92. The zero-order valence-corrected chi connectivity index (χ0v) is 16.9. The molecule has 0 unspecified atom stereocenters. The molecule has 0 aromatic heterocycles. The van der Waals surface area contributed by atoms with Gasteiger partial charge in [-0.2, -0.15) is 0 Å². The van der Waals surface area contributed by atoms with Crippen molar-refractivity contribution in [2.75, 3.05) is 25.2 Å². The van der Waals surface area contributed by atoms with Gasteiger partial charge in [0.05, 0.1) is 37.1 Å². The molecule has 0 aliphatic heterocycles. The Morgan fingerprint density at radius 1 is 1.07 bits per heavy atom. The summed E-state index contributed by atoms with van der Waals surface area (Å²) in [6.45, 7) is 1.81. The second-order valence-electron chi connectivity index (χ2n) is 5.88. The molecule has 0 fully saturated rings. The van der Waals surface area contributed by atoms with Crippen molar-refractivity contribution in [3.05, 3.63) is 52.5 Å². The number of carbonyl (C=O) groups is 1. The molecule has 0 aliphatic rings. The van der Waals surface area contributed by atoms with Crippen LogP contribution in [0.5, 0.6) is 11.5 Å². The van der Waals surface area contributed by atoms with Crippen LogP contribution in [0.1, 0.15) is 28.9 Å². The van der Waals surface area contributed by atoms with Crippen molar-refractivity contribution in [1.82, 2.24) is 5.32 Å². The Kier molecular flexibility index (Phi) is 6.56. The van der Waals surface area contributed by atoms with Gasteiger partial charge in [-0.3, -0.25) is 9.52 Å². The lowest BCUT2D eigenvalue weighted by Crippen LogP contribution is -2.27. The molecule has 1 amide bonds. The minimum atomic E-state index is -3.46. The number of hydrogen-bond acceptors (Lipinski definition) is 5. The maximum atomic E-state index is 12.6. The molecule has 27 heavy (non-hydrogen) atoms. The van der Waals surface area contributed by atoms with Gasteiger partial charge in [-0.25, -0.2) is 8.42 Å². The molecule has 9 heteroatoms. The summed E-state index contributed by atoms with van der Waals surface area (Å²) >= 11 is 6.10. The molecule has 0 saturated heterocycles. The van der Waals surface area contributed by atoms with E-state index in [0.29, 0.717) is 11.5 Å². The Morgan fingerprint density at radius 2 is 1.74 bits per heavy atom. The zero-order valence-electron chi connectivity index (χ0n) is 15.4. The molecule has 1 atom stereocenters. The van der Waals surface area contributed by atoms with Gasteiger partial charge in [-0.1, -0.05) is 17.7 Å². The summed E-state index contributed by atoms with van der Waals surface area (Å²) in [7, 11) is -0.387. The van der Waals surface area contributed by atoms with Crippen molar-refractivity contribution < 1.29 is 22.7 Å². The molecule has 146 valence electrons. The van der Waals surface area contributed by atoms with Crippen LogP contribution in [0.25, 0.3) is 0 Å². The van der Waals surface area contributed by atoms with Gasteiger partial charge in [-0.15, -0.1) is 0 Å². The Morgan fingerprint density at radius 3 is 2.33 bits per heavy atom. The topological polar surface area (TPSA) is 93.7 Å². The molecule has 0 radical (unpaired) electrons. The quantitative estimate of drug-likeness (QED) is 0.728. The number of amides is 1. The summed E-state index contributed by atoms with van der Waals surface area (Å²) in [6.07, 6.45) is 1.03. The third-order valence-electron chi connectivity index (χ3n) is 3.77. The van der Waals surface area contributed by atoms with E-state index in [0.717, 1.165) is 11.8 Å². The average molecular weight is 413 g/mol. The number of benzene rings is 2. The van der Waals surface area contributed by atoms with E-state index in [1.807, 2.05) is 13.0 Å². The third kappa shape index (κ3) is 5.51. The number of carbonyl (C=O) groups excluding carboxylic acids is 1. The van der Waals surface area contributed by atoms with E-state index >= 15 is 0 Å². The lowest BCUT2D eigenvalue weighted by molar-refractivity contribution is 0.0940. The van der Waals surface area contributed by atoms with Gasteiger partial charge in [0, 0.05) is 5.69 Å². The Hall–Kier alpha value is -2.45. The van der Waals surface area contributed by atoms with Gasteiger partial charge < -0.3 is 14.8 Å². The van der Waals surface area contributed by atoms with Gasteiger partial charge in [0.25, 0.3) is 5.91 Å². The number of nitrogens with one attached hydrogen (secondary N) is 2. The van der Waals surface area contributed by atoms with Gasteiger partial charge in [0.1, 0.15) is 0 Å². The van der Waals surface area contributed by atoms with E-state index in [9.17, 15) is 13.2 Å².